The van der Waals surface area contributed by atoms with Crippen molar-refractivity contribution in [1.82, 2.24) is 4.31 Å². The van der Waals surface area contributed by atoms with E-state index < -0.39 is 10.0 Å². The Morgan fingerprint density at radius 2 is 1.74 bits per heavy atom. The molecule has 1 aliphatic heterocycles. The number of sulfonamides is 1. The lowest BCUT2D eigenvalue weighted by Gasteiger charge is -2.25. The number of piperidine rings is 1. The Labute approximate surface area is 115 Å². The lowest BCUT2D eigenvalue weighted by atomic mass is 10.2. The van der Waals surface area contributed by atoms with Gasteiger partial charge in [0.05, 0.1) is 11.5 Å². The van der Waals surface area contributed by atoms with E-state index in [-0.39, 0.29) is 0 Å². The molecule has 4 nitrogen and oxygen atoms in total. The summed E-state index contributed by atoms with van der Waals surface area (Å²) in [4.78, 5) is 0.359. The molecule has 1 saturated heterocycles. The van der Waals surface area contributed by atoms with Gasteiger partial charge in [-0.15, -0.1) is 0 Å². The molecule has 1 aromatic rings. The number of ether oxygens (including phenoxy) is 1. The van der Waals surface area contributed by atoms with Crippen LogP contribution in [0.25, 0.3) is 0 Å². The first-order chi connectivity index (χ1) is 9.14. The highest BCUT2D eigenvalue weighted by Gasteiger charge is 2.25. The van der Waals surface area contributed by atoms with Crippen LogP contribution in [0.3, 0.4) is 0 Å². The summed E-state index contributed by atoms with van der Waals surface area (Å²) in [5.74, 6) is 0.722. The van der Waals surface area contributed by atoms with E-state index in [1.54, 1.807) is 28.6 Å². The lowest BCUT2D eigenvalue weighted by molar-refractivity contribution is 0.317. The predicted molar refractivity (Wildman–Crippen MR) is 74.8 cm³/mol. The van der Waals surface area contributed by atoms with Crippen molar-refractivity contribution in [3.05, 3.63) is 24.3 Å². The first kappa shape index (κ1) is 14.3. The summed E-state index contributed by atoms with van der Waals surface area (Å²) in [6, 6.07) is 6.73. The van der Waals surface area contributed by atoms with Crippen LogP contribution in [0, 0.1) is 0 Å². The first-order valence-electron chi connectivity index (χ1n) is 6.87. The van der Waals surface area contributed by atoms with Crippen LogP contribution in [-0.4, -0.2) is 32.4 Å². The van der Waals surface area contributed by atoms with Crippen molar-refractivity contribution in [3.8, 4) is 5.75 Å². The minimum absolute atomic E-state index is 0.359. The number of rotatable bonds is 5. The minimum Gasteiger partial charge on any atom is -0.494 e. The van der Waals surface area contributed by atoms with Gasteiger partial charge < -0.3 is 4.74 Å². The number of benzene rings is 1. The Bertz CT molecular complexity index is 490. The quantitative estimate of drug-likeness (QED) is 0.834. The van der Waals surface area contributed by atoms with Gasteiger partial charge in [0.25, 0.3) is 0 Å². The van der Waals surface area contributed by atoms with Gasteiger partial charge in [0, 0.05) is 13.1 Å². The molecule has 1 heterocycles. The Kier molecular flexibility index (Phi) is 4.82. The van der Waals surface area contributed by atoms with E-state index in [0.29, 0.717) is 24.6 Å². The normalized spacial score (nSPS) is 17.3. The van der Waals surface area contributed by atoms with Crippen LogP contribution in [0.15, 0.2) is 29.2 Å². The fraction of sp³-hybridized carbons (Fsp3) is 0.571. The summed E-state index contributed by atoms with van der Waals surface area (Å²) < 4.78 is 31.8. The van der Waals surface area contributed by atoms with Crippen LogP contribution in [0.2, 0.25) is 0 Å². The molecule has 0 amide bonds. The average Bonchev–Trinajstić information content (AvgIpc) is 2.46. The molecule has 0 saturated carbocycles. The van der Waals surface area contributed by atoms with E-state index in [1.165, 1.54) is 0 Å². The van der Waals surface area contributed by atoms with Gasteiger partial charge in [0.1, 0.15) is 5.75 Å². The molecule has 1 aromatic carbocycles. The van der Waals surface area contributed by atoms with E-state index in [1.807, 2.05) is 6.92 Å². The lowest BCUT2D eigenvalue weighted by Crippen LogP contribution is -2.35. The van der Waals surface area contributed by atoms with Gasteiger partial charge in [-0.25, -0.2) is 8.42 Å². The summed E-state index contributed by atoms with van der Waals surface area (Å²) in [5.41, 5.74) is 0. The molecule has 0 atom stereocenters. The molecule has 106 valence electrons. The Morgan fingerprint density at radius 3 is 2.32 bits per heavy atom. The Morgan fingerprint density at radius 1 is 1.11 bits per heavy atom. The maximum Gasteiger partial charge on any atom is 0.243 e. The van der Waals surface area contributed by atoms with Crippen molar-refractivity contribution in [3.63, 3.8) is 0 Å². The third-order valence-electron chi connectivity index (χ3n) is 3.25. The largest absolute Gasteiger partial charge is 0.494 e. The smallest absolute Gasteiger partial charge is 0.243 e. The highest BCUT2D eigenvalue weighted by Crippen LogP contribution is 2.22. The van der Waals surface area contributed by atoms with Gasteiger partial charge in [-0.3, -0.25) is 0 Å². The molecule has 0 N–H and O–H groups in total. The third-order valence-corrected chi connectivity index (χ3v) is 5.16. The molecule has 1 aliphatic rings. The van der Waals surface area contributed by atoms with Crippen molar-refractivity contribution in [2.45, 2.75) is 37.5 Å². The third kappa shape index (κ3) is 3.48. The summed E-state index contributed by atoms with van der Waals surface area (Å²) in [5, 5.41) is 0. The molecule has 0 bridgehead atoms. The first-order valence-corrected chi connectivity index (χ1v) is 8.31. The van der Waals surface area contributed by atoms with Crippen molar-refractivity contribution in [1.29, 1.82) is 0 Å². The summed E-state index contributed by atoms with van der Waals surface area (Å²) >= 11 is 0. The molecule has 5 heteroatoms. The summed E-state index contributed by atoms with van der Waals surface area (Å²) in [7, 11) is -3.32. The van der Waals surface area contributed by atoms with E-state index in [4.69, 9.17) is 4.74 Å². The van der Waals surface area contributed by atoms with Crippen LogP contribution in [0.1, 0.15) is 32.6 Å². The molecule has 0 aromatic heterocycles. The number of nitrogens with zero attached hydrogens (tertiary/aromatic N) is 1. The van der Waals surface area contributed by atoms with Crippen molar-refractivity contribution in [2.75, 3.05) is 19.7 Å². The Hall–Kier alpha value is -1.07. The van der Waals surface area contributed by atoms with Crippen LogP contribution < -0.4 is 4.74 Å². The van der Waals surface area contributed by atoms with Gasteiger partial charge in [0.15, 0.2) is 0 Å². The predicted octanol–water partition coefficient (Wildman–Crippen LogP) is 2.65. The second kappa shape index (κ2) is 6.39. The van der Waals surface area contributed by atoms with Crippen LogP contribution in [0.4, 0.5) is 0 Å². The van der Waals surface area contributed by atoms with E-state index in [9.17, 15) is 8.42 Å². The van der Waals surface area contributed by atoms with E-state index in [2.05, 4.69) is 0 Å². The number of hydrogen-bond acceptors (Lipinski definition) is 3. The maximum absolute atomic E-state index is 12.4. The van der Waals surface area contributed by atoms with Gasteiger partial charge in [-0.05, 0) is 43.5 Å². The van der Waals surface area contributed by atoms with Gasteiger partial charge in [-0.1, -0.05) is 13.3 Å². The fourth-order valence-corrected chi connectivity index (χ4v) is 3.70. The van der Waals surface area contributed by atoms with Crippen LogP contribution >= 0.6 is 0 Å². The molecule has 0 unspecified atom stereocenters. The van der Waals surface area contributed by atoms with Gasteiger partial charge >= 0.3 is 0 Å². The zero-order chi connectivity index (χ0) is 13.7. The highest BCUT2D eigenvalue weighted by atomic mass is 32.2. The van der Waals surface area contributed by atoms with Crippen LogP contribution in [0.5, 0.6) is 5.75 Å². The molecule has 0 spiro atoms. The second-order valence-electron chi connectivity index (χ2n) is 4.78. The fourth-order valence-electron chi connectivity index (χ4n) is 2.18. The molecule has 0 radical (unpaired) electrons. The Balaban J connectivity index is 2.11. The zero-order valence-electron chi connectivity index (χ0n) is 11.3. The molecular formula is C14H21NO3S. The van der Waals surface area contributed by atoms with Crippen molar-refractivity contribution < 1.29 is 13.2 Å². The molecule has 19 heavy (non-hydrogen) atoms. The maximum atomic E-state index is 12.4. The van der Waals surface area contributed by atoms with Crippen molar-refractivity contribution in [2.24, 2.45) is 0 Å². The molecule has 1 fully saturated rings. The van der Waals surface area contributed by atoms with Crippen LogP contribution in [-0.2, 0) is 10.0 Å². The average molecular weight is 283 g/mol. The SMILES string of the molecule is CCCOc1ccc(S(=O)(=O)N2CCCCC2)cc1. The standard InChI is InChI=1S/C14H21NO3S/c1-2-12-18-13-6-8-14(9-7-13)19(16,17)15-10-4-3-5-11-15/h6-9H,2-5,10-12H2,1H3. The van der Waals surface area contributed by atoms with Gasteiger partial charge in [0.2, 0.25) is 10.0 Å². The summed E-state index contributed by atoms with van der Waals surface area (Å²) in [6.07, 6.45) is 3.97. The van der Waals surface area contributed by atoms with Crippen molar-refractivity contribution >= 4 is 10.0 Å². The molecule has 2 rings (SSSR count). The molecule has 0 aliphatic carbocycles. The second-order valence-corrected chi connectivity index (χ2v) is 6.72. The minimum atomic E-state index is -3.32. The number of hydrogen-bond donors (Lipinski definition) is 0. The van der Waals surface area contributed by atoms with Gasteiger partial charge in [-0.2, -0.15) is 4.31 Å². The van der Waals surface area contributed by atoms with E-state index >= 15 is 0 Å². The molecular weight excluding hydrogens is 262 g/mol. The summed E-state index contributed by atoms with van der Waals surface area (Å²) in [6.45, 7) is 3.96. The highest BCUT2D eigenvalue weighted by molar-refractivity contribution is 7.89. The topological polar surface area (TPSA) is 46.6 Å². The monoisotopic (exact) mass is 283 g/mol. The van der Waals surface area contributed by atoms with E-state index in [0.717, 1.165) is 31.4 Å². The zero-order valence-corrected chi connectivity index (χ0v) is 12.2.